The van der Waals surface area contributed by atoms with Gasteiger partial charge in [0.1, 0.15) is 5.75 Å². The van der Waals surface area contributed by atoms with Gasteiger partial charge in [0, 0.05) is 29.7 Å². The molecule has 1 amide bonds. The highest BCUT2D eigenvalue weighted by Gasteiger charge is 2.31. The van der Waals surface area contributed by atoms with Gasteiger partial charge < -0.3 is 10.1 Å². The first-order valence-corrected chi connectivity index (χ1v) is 10.6. The van der Waals surface area contributed by atoms with Crippen molar-refractivity contribution in [3.63, 3.8) is 0 Å². The molecule has 7 nitrogen and oxygen atoms in total. The highest BCUT2D eigenvalue weighted by molar-refractivity contribution is 8.00. The van der Waals surface area contributed by atoms with Crippen LogP contribution in [0.15, 0.2) is 53.9 Å². The third-order valence-electron chi connectivity index (χ3n) is 4.58. The van der Waals surface area contributed by atoms with Crippen molar-refractivity contribution in [1.82, 2.24) is 19.7 Å². The number of hydrogen-bond donors (Lipinski definition) is 1. The lowest BCUT2D eigenvalue weighted by molar-refractivity contribution is -0.115. The van der Waals surface area contributed by atoms with Crippen molar-refractivity contribution in [3.8, 4) is 17.1 Å². The van der Waals surface area contributed by atoms with Crippen molar-refractivity contribution < 1.29 is 9.53 Å². The monoisotopic (exact) mass is 409 g/mol. The van der Waals surface area contributed by atoms with Crippen molar-refractivity contribution >= 4 is 23.4 Å². The van der Waals surface area contributed by atoms with E-state index in [2.05, 4.69) is 25.1 Å². The molecule has 3 aromatic rings. The zero-order valence-corrected chi connectivity index (χ0v) is 17.2. The van der Waals surface area contributed by atoms with Gasteiger partial charge in [0.05, 0.1) is 11.9 Å². The molecule has 1 aromatic carbocycles. The lowest BCUT2D eigenvalue weighted by Crippen LogP contribution is -2.22. The summed E-state index contributed by atoms with van der Waals surface area (Å²) in [5.41, 5.74) is 1.68. The normalized spacial score (nSPS) is 14.4. The number of anilines is 1. The van der Waals surface area contributed by atoms with E-state index in [4.69, 9.17) is 4.74 Å². The minimum absolute atomic E-state index is 0.0764. The molecule has 0 aliphatic heterocycles. The second-order valence-corrected chi connectivity index (χ2v) is 8.16. The number of amides is 1. The summed E-state index contributed by atoms with van der Waals surface area (Å²) in [5, 5.41) is 12.1. The van der Waals surface area contributed by atoms with Crippen LogP contribution >= 0.6 is 11.8 Å². The fraction of sp³-hybridized carbons (Fsp3) is 0.333. The molecule has 2 heterocycles. The molecular formula is C21H23N5O2S. The van der Waals surface area contributed by atoms with Gasteiger partial charge in [-0.05, 0) is 63.1 Å². The van der Waals surface area contributed by atoms with Crippen LogP contribution in [0.3, 0.4) is 0 Å². The molecule has 1 saturated carbocycles. The molecule has 0 spiro atoms. The number of rotatable bonds is 8. The van der Waals surface area contributed by atoms with E-state index < -0.39 is 0 Å². The van der Waals surface area contributed by atoms with E-state index in [1.54, 1.807) is 12.4 Å². The van der Waals surface area contributed by atoms with Crippen molar-refractivity contribution in [1.29, 1.82) is 0 Å². The lowest BCUT2D eigenvalue weighted by Gasteiger charge is -2.13. The summed E-state index contributed by atoms with van der Waals surface area (Å²) in [6.07, 6.45) is 5.74. The maximum atomic E-state index is 12.7. The standard InChI is InChI=1S/C21H23N5O2S/c1-3-28-18-10-6-16(7-11-18)23-20(27)14(2)29-21-25-24-19(26(21)17-8-9-17)15-5-4-12-22-13-15/h4-7,10-14,17H,3,8-9H2,1-2H3,(H,23,27)/t14-/m0/s1. The summed E-state index contributed by atoms with van der Waals surface area (Å²) in [6.45, 7) is 4.43. The topological polar surface area (TPSA) is 81.9 Å². The van der Waals surface area contributed by atoms with Crippen LogP contribution in [-0.2, 0) is 4.79 Å². The number of carbonyl (C=O) groups excluding carboxylic acids is 1. The number of pyridine rings is 1. The minimum Gasteiger partial charge on any atom is -0.494 e. The Morgan fingerprint density at radius 3 is 2.72 bits per heavy atom. The van der Waals surface area contributed by atoms with Crippen LogP contribution in [0.5, 0.6) is 5.75 Å². The lowest BCUT2D eigenvalue weighted by atomic mass is 10.3. The molecule has 0 bridgehead atoms. The van der Waals surface area contributed by atoms with Gasteiger partial charge in [-0.25, -0.2) is 0 Å². The number of ether oxygens (including phenoxy) is 1. The zero-order valence-electron chi connectivity index (χ0n) is 16.4. The van der Waals surface area contributed by atoms with Crippen LogP contribution in [0, 0.1) is 0 Å². The van der Waals surface area contributed by atoms with Gasteiger partial charge >= 0.3 is 0 Å². The average molecular weight is 410 g/mol. The third-order valence-corrected chi connectivity index (χ3v) is 5.64. The van der Waals surface area contributed by atoms with E-state index in [-0.39, 0.29) is 11.2 Å². The first-order valence-electron chi connectivity index (χ1n) is 9.71. The Hall–Kier alpha value is -2.87. The summed E-state index contributed by atoms with van der Waals surface area (Å²) in [6, 6.07) is 11.6. The van der Waals surface area contributed by atoms with Crippen molar-refractivity contribution in [2.45, 2.75) is 43.1 Å². The molecule has 2 aromatic heterocycles. The van der Waals surface area contributed by atoms with E-state index in [1.165, 1.54) is 11.8 Å². The first kappa shape index (κ1) is 19.4. The summed E-state index contributed by atoms with van der Waals surface area (Å²) in [5.74, 6) is 1.52. The van der Waals surface area contributed by atoms with Gasteiger partial charge in [0.2, 0.25) is 5.91 Å². The van der Waals surface area contributed by atoms with Crippen molar-refractivity contribution in [2.75, 3.05) is 11.9 Å². The predicted molar refractivity (Wildman–Crippen MR) is 113 cm³/mol. The number of thioether (sulfide) groups is 1. The van der Waals surface area contributed by atoms with Gasteiger partial charge in [0.25, 0.3) is 0 Å². The fourth-order valence-corrected chi connectivity index (χ4v) is 3.89. The largest absolute Gasteiger partial charge is 0.494 e. The van der Waals surface area contributed by atoms with E-state index in [9.17, 15) is 4.79 Å². The Morgan fingerprint density at radius 1 is 1.28 bits per heavy atom. The van der Waals surface area contributed by atoms with Crippen molar-refractivity contribution in [3.05, 3.63) is 48.8 Å². The maximum absolute atomic E-state index is 12.7. The summed E-state index contributed by atoms with van der Waals surface area (Å²) in [4.78, 5) is 16.9. The smallest absolute Gasteiger partial charge is 0.237 e. The van der Waals surface area contributed by atoms with Gasteiger partial charge in [-0.2, -0.15) is 0 Å². The van der Waals surface area contributed by atoms with Crippen LogP contribution in [0.2, 0.25) is 0 Å². The van der Waals surface area contributed by atoms with E-state index in [1.807, 2.05) is 50.2 Å². The second-order valence-electron chi connectivity index (χ2n) is 6.86. The summed E-state index contributed by atoms with van der Waals surface area (Å²) < 4.78 is 7.57. The minimum atomic E-state index is -0.315. The number of benzene rings is 1. The molecule has 0 unspecified atom stereocenters. The molecule has 1 atom stereocenters. The van der Waals surface area contributed by atoms with Crippen LogP contribution in [-0.4, -0.2) is 37.5 Å². The van der Waals surface area contributed by atoms with E-state index in [0.717, 1.165) is 40.8 Å². The summed E-state index contributed by atoms with van der Waals surface area (Å²) >= 11 is 1.42. The summed E-state index contributed by atoms with van der Waals surface area (Å²) in [7, 11) is 0. The number of aromatic nitrogens is 4. The molecule has 4 rings (SSSR count). The molecule has 1 N–H and O–H groups in total. The molecule has 150 valence electrons. The van der Waals surface area contributed by atoms with Gasteiger partial charge in [-0.3, -0.25) is 14.3 Å². The third kappa shape index (κ3) is 4.59. The Balaban J connectivity index is 1.46. The van der Waals surface area contributed by atoms with Crippen LogP contribution in [0.1, 0.15) is 32.7 Å². The van der Waals surface area contributed by atoms with Gasteiger partial charge in [-0.1, -0.05) is 11.8 Å². The van der Waals surface area contributed by atoms with Crippen molar-refractivity contribution in [2.24, 2.45) is 0 Å². The molecule has 1 fully saturated rings. The molecule has 1 aliphatic rings. The van der Waals surface area contributed by atoms with Crippen LogP contribution in [0.4, 0.5) is 5.69 Å². The second kappa shape index (κ2) is 8.65. The van der Waals surface area contributed by atoms with Crippen LogP contribution < -0.4 is 10.1 Å². The fourth-order valence-electron chi connectivity index (χ4n) is 2.97. The Bertz CT molecular complexity index is 970. The average Bonchev–Trinajstić information content (AvgIpc) is 3.50. The highest BCUT2D eigenvalue weighted by Crippen LogP contribution is 2.41. The van der Waals surface area contributed by atoms with E-state index in [0.29, 0.717) is 12.6 Å². The molecule has 0 saturated heterocycles. The van der Waals surface area contributed by atoms with Gasteiger partial charge in [0.15, 0.2) is 11.0 Å². The first-order chi connectivity index (χ1) is 14.2. The number of carbonyl (C=O) groups is 1. The number of nitrogens with zero attached hydrogens (tertiary/aromatic N) is 4. The Kier molecular flexibility index (Phi) is 5.80. The number of nitrogens with one attached hydrogen (secondary N) is 1. The molecular weight excluding hydrogens is 386 g/mol. The predicted octanol–water partition coefficient (Wildman–Crippen LogP) is 4.19. The SMILES string of the molecule is CCOc1ccc(NC(=O)[C@H](C)Sc2nnc(-c3cccnc3)n2C2CC2)cc1. The Morgan fingerprint density at radius 2 is 2.07 bits per heavy atom. The molecule has 0 radical (unpaired) electrons. The quantitative estimate of drug-likeness (QED) is 0.562. The highest BCUT2D eigenvalue weighted by atomic mass is 32.2. The number of hydrogen-bond acceptors (Lipinski definition) is 6. The molecule has 8 heteroatoms. The molecule has 1 aliphatic carbocycles. The van der Waals surface area contributed by atoms with E-state index >= 15 is 0 Å². The zero-order chi connectivity index (χ0) is 20.2. The Labute approximate surface area is 173 Å². The van der Waals surface area contributed by atoms with Crippen LogP contribution in [0.25, 0.3) is 11.4 Å². The van der Waals surface area contributed by atoms with Gasteiger partial charge in [-0.15, -0.1) is 10.2 Å². The maximum Gasteiger partial charge on any atom is 0.237 e. The molecule has 29 heavy (non-hydrogen) atoms.